The number of hydrogen-bond donors (Lipinski definition) is 0. The molecule has 1 saturated carbocycles. The van der Waals surface area contributed by atoms with Gasteiger partial charge in [0.25, 0.3) is 0 Å². The molecule has 2 aromatic carbocycles. The van der Waals surface area contributed by atoms with Crippen molar-refractivity contribution in [2.45, 2.75) is 76.9 Å². The highest BCUT2D eigenvalue weighted by molar-refractivity contribution is 5.64. The van der Waals surface area contributed by atoms with Crippen LogP contribution in [0.3, 0.4) is 0 Å². The van der Waals surface area contributed by atoms with Crippen LogP contribution in [-0.4, -0.2) is 19.3 Å². The maximum atomic E-state index is 6.05. The van der Waals surface area contributed by atoms with Crippen molar-refractivity contribution in [1.82, 2.24) is 0 Å². The lowest BCUT2D eigenvalue weighted by Gasteiger charge is -2.29. The Bertz CT molecular complexity index is 733. The quantitative estimate of drug-likeness (QED) is 0.514. The van der Waals surface area contributed by atoms with Crippen LogP contribution in [0.1, 0.15) is 81.9 Å². The molecule has 156 valence electrons. The van der Waals surface area contributed by atoms with Gasteiger partial charge >= 0.3 is 0 Å². The molecule has 2 heteroatoms. The summed E-state index contributed by atoms with van der Waals surface area (Å²) >= 11 is 0. The molecule has 2 aromatic rings. The molecule has 2 fully saturated rings. The first-order valence-electron chi connectivity index (χ1n) is 11.7. The number of ether oxygens (including phenoxy) is 2. The van der Waals surface area contributed by atoms with Gasteiger partial charge in [-0.15, -0.1) is 0 Å². The summed E-state index contributed by atoms with van der Waals surface area (Å²) in [5.74, 6) is 1.72. The normalized spacial score (nSPS) is 27.7. The lowest BCUT2D eigenvalue weighted by atomic mass is 9.77. The van der Waals surface area contributed by atoms with Crippen molar-refractivity contribution in [2.24, 2.45) is 5.92 Å². The highest BCUT2D eigenvalue weighted by atomic mass is 16.6. The summed E-state index contributed by atoms with van der Waals surface area (Å²) < 4.78 is 12.0. The van der Waals surface area contributed by atoms with Crippen LogP contribution in [0.4, 0.5) is 0 Å². The van der Waals surface area contributed by atoms with Crippen molar-refractivity contribution in [1.29, 1.82) is 0 Å². The number of rotatable bonds is 6. The summed E-state index contributed by atoms with van der Waals surface area (Å²) in [5, 5.41) is 0. The topological polar surface area (TPSA) is 18.5 Å². The predicted octanol–water partition coefficient (Wildman–Crippen LogP) is 7.29. The van der Waals surface area contributed by atoms with Gasteiger partial charge in [-0.3, -0.25) is 0 Å². The van der Waals surface area contributed by atoms with Gasteiger partial charge in [0.1, 0.15) is 6.10 Å². The first kappa shape index (κ1) is 20.6. The molecule has 0 radical (unpaired) electrons. The van der Waals surface area contributed by atoms with E-state index in [1.807, 2.05) is 0 Å². The molecular weight excluding hydrogens is 356 g/mol. The predicted molar refractivity (Wildman–Crippen MR) is 120 cm³/mol. The molecule has 29 heavy (non-hydrogen) atoms. The van der Waals surface area contributed by atoms with Gasteiger partial charge in [0.2, 0.25) is 0 Å². The third kappa shape index (κ3) is 5.10. The zero-order chi connectivity index (χ0) is 20.1. The smallest absolute Gasteiger partial charge is 0.106 e. The van der Waals surface area contributed by atoms with Gasteiger partial charge in [0, 0.05) is 0 Å². The number of hydrogen-bond acceptors (Lipinski definition) is 2. The Kier molecular flexibility index (Phi) is 7.05. The zero-order valence-electron chi connectivity index (χ0n) is 18.1. The van der Waals surface area contributed by atoms with E-state index >= 15 is 0 Å². The van der Waals surface area contributed by atoms with E-state index in [1.54, 1.807) is 0 Å². The van der Waals surface area contributed by atoms with E-state index in [9.17, 15) is 0 Å². The minimum atomic E-state index is 0.0674. The maximum Gasteiger partial charge on any atom is 0.106 e. The average Bonchev–Trinajstić information content (AvgIpc) is 2.80. The van der Waals surface area contributed by atoms with E-state index in [2.05, 4.69) is 62.4 Å². The molecule has 1 saturated heterocycles. The van der Waals surface area contributed by atoms with Gasteiger partial charge in [-0.1, -0.05) is 75.2 Å². The Morgan fingerprint density at radius 1 is 0.724 bits per heavy atom. The first-order valence-corrected chi connectivity index (χ1v) is 11.7. The average molecular weight is 393 g/mol. The van der Waals surface area contributed by atoms with Crippen molar-refractivity contribution in [3.05, 3.63) is 59.7 Å². The molecule has 0 N–H and O–H groups in total. The fraction of sp³-hybridized carbons (Fsp3) is 0.556. The van der Waals surface area contributed by atoms with Crippen molar-refractivity contribution >= 4 is 0 Å². The lowest BCUT2D eigenvalue weighted by Crippen LogP contribution is -2.30. The van der Waals surface area contributed by atoms with Gasteiger partial charge in [0.15, 0.2) is 0 Å². The van der Waals surface area contributed by atoms with Crippen molar-refractivity contribution in [3.8, 4) is 11.1 Å². The minimum absolute atomic E-state index is 0.0674. The van der Waals surface area contributed by atoms with E-state index in [4.69, 9.17) is 9.47 Å². The van der Waals surface area contributed by atoms with Gasteiger partial charge in [-0.25, -0.2) is 0 Å². The van der Waals surface area contributed by atoms with Crippen LogP contribution in [0.2, 0.25) is 0 Å². The largest absolute Gasteiger partial charge is 0.373 e. The molecule has 0 unspecified atom stereocenters. The molecule has 0 amide bonds. The van der Waals surface area contributed by atoms with Crippen molar-refractivity contribution in [2.75, 3.05) is 13.2 Å². The molecule has 4 rings (SSSR count). The molecule has 1 aliphatic heterocycles. The molecule has 1 aliphatic carbocycles. The lowest BCUT2D eigenvalue weighted by molar-refractivity contribution is -0.137. The van der Waals surface area contributed by atoms with E-state index in [1.165, 1.54) is 54.4 Å². The molecular formula is C27H36O2. The van der Waals surface area contributed by atoms with Gasteiger partial charge < -0.3 is 9.47 Å². The van der Waals surface area contributed by atoms with Crippen LogP contribution in [0.15, 0.2) is 48.5 Å². The van der Waals surface area contributed by atoms with Gasteiger partial charge in [0.05, 0.1) is 19.3 Å². The van der Waals surface area contributed by atoms with Crippen molar-refractivity contribution < 1.29 is 9.47 Å². The molecule has 2 nitrogen and oxygen atoms in total. The zero-order valence-corrected chi connectivity index (χ0v) is 18.1. The van der Waals surface area contributed by atoms with Gasteiger partial charge in [-0.05, 0) is 66.2 Å². The molecule has 1 heterocycles. The third-order valence-electron chi connectivity index (χ3n) is 7.00. The van der Waals surface area contributed by atoms with Crippen LogP contribution in [0.5, 0.6) is 0 Å². The Balaban J connectivity index is 1.36. The first-order chi connectivity index (χ1) is 14.3. The summed E-state index contributed by atoms with van der Waals surface area (Å²) in [6, 6.07) is 18.1. The SMILES string of the molecule is CCC[C@H]1CO[C@H](c2ccc(-c3ccc(C4CCC(CC)CC4)cc3)cc2)CO1. The molecule has 2 atom stereocenters. The van der Waals surface area contributed by atoms with Crippen LogP contribution in [-0.2, 0) is 9.47 Å². The highest BCUT2D eigenvalue weighted by Crippen LogP contribution is 2.37. The second-order valence-electron chi connectivity index (χ2n) is 8.94. The van der Waals surface area contributed by atoms with E-state index in [0.717, 1.165) is 24.7 Å². The standard InChI is InChI=1S/C27H36O2/c1-3-5-26-18-29-27(19-28-26)25-16-14-24(15-17-25)23-12-10-22(11-13-23)21-8-6-20(4-2)7-9-21/h10-17,20-21,26-27H,3-9,18-19H2,1-2H3/t20?,21?,26-,27-/m0/s1. The van der Waals surface area contributed by atoms with E-state index in [0.29, 0.717) is 13.2 Å². The van der Waals surface area contributed by atoms with E-state index in [-0.39, 0.29) is 12.2 Å². The summed E-state index contributed by atoms with van der Waals surface area (Å²) in [6.07, 6.45) is 9.42. The van der Waals surface area contributed by atoms with Crippen LogP contribution < -0.4 is 0 Å². The Hall–Kier alpha value is -1.64. The Morgan fingerprint density at radius 3 is 1.86 bits per heavy atom. The second-order valence-corrected chi connectivity index (χ2v) is 8.94. The molecule has 2 aliphatic rings. The van der Waals surface area contributed by atoms with Crippen LogP contribution >= 0.6 is 0 Å². The summed E-state index contributed by atoms with van der Waals surface area (Å²) in [5.41, 5.74) is 5.31. The molecule has 0 spiro atoms. The Morgan fingerprint density at radius 2 is 1.34 bits per heavy atom. The highest BCUT2D eigenvalue weighted by Gasteiger charge is 2.23. The molecule has 0 bridgehead atoms. The monoisotopic (exact) mass is 392 g/mol. The fourth-order valence-corrected chi connectivity index (χ4v) is 4.97. The summed E-state index contributed by atoms with van der Waals surface area (Å²) in [7, 11) is 0. The summed E-state index contributed by atoms with van der Waals surface area (Å²) in [4.78, 5) is 0. The van der Waals surface area contributed by atoms with Crippen LogP contribution in [0.25, 0.3) is 11.1 Å². The van der Waals surface area contributed by atoms with Gasteiger partial charge in [-0.2, -0.15) is 0 Å². The Labute approximate surface area is 176 Å². The van der Waals surface area contributed by atoms with Crippen LogP contribution in [0, 0.1) is 5.92 Å². The minimum Gasteiger partial charge on any atom is -0.373 e. The molecule has 0 aromatic heterocycles. The van der Waals surface area contributed by atoms with E-state index < -0.39 is 0 Å². The fourth-order valence-electron chi connectivity index (χ4n) is 4.97. The third-order valence-corrected chi connectivity index (χ3v) is 7.00. The summed E-state index contributed by atoms with van der Waals surface area (Å²) in [6.45, 7) is 5.90. The second kappa shape index (κ2) is 9.91. The number of benzene rings is 2. The van der Waals surface area contributed by atoms with Crippen molar-refractivity contribution in [3.63, 3.8) is 0 Å². The maximum absolute atomic E-state index is 6.05.